The van der Waals surface area contributed by atoms with E-state index >= 15 is 0 Å². The molecule has 0 bridgehead atoms. The molecule has 2 aromatic rings. The molecule has 1 fully saturated rings. The first-order valence-electron chi connectivity index (χ1n) is 9.33. The lowest BCUT2D eigenvalue weighted by molar-refractivity contribution is 0.0702. The summed E-state index contributed by atoms with van der Waals surface area (Å²) < 4.78 is 0. The number of aliphatic hydroxyl groups excluding tert-OH is 1. The molecular formula is C22H25ClO3S. The number of aliphatic hydroxyl groups is 1. The van der Waals surface area contributed by atoms with Crippen molar-refractivity contribution in [2.24, 2.45) is 11.8 Å². The largest absolute Gasteiger partial charge is 0.477 e. The zero-order valence-electron chi connectivity index (χ0n) is 15.3. The zero-order valence-corrected chi connectivity index (χ0v) is 16.9. The van der Waals surface area contributed by atoms with Gasteiger partial charge in [0.05, 0.1) is 6.10 Å². The molecule has 27 heavy (non-hydrogen) atoms. The molecule has 0 amide bonds. The highest BCUT2D eigenvalue weighted by Crippen LogP contribution is 2.40. The van der Waals surface area contributed by atoms with Crippen molar-refractivity contribution in [2.45, 2.75) is 44.1 Å². The number of benzene rings is 1. The van der Waals surface area contributed by atoms with Crippen molar-refractivity contribution in [3.05, 3.63) is 63.4 Å². The van der Waals surface area contributed by atoms with Crippen molar-refractivity contribution < 1.29 is 15.0 Å². The fraction of sp³-hybridized carbons (Fsp3) is 0.409. The summed E-state index contributed by atoms with van der Waals surface area (Å²) in [6, 6.07) is 11.9. The predicted octanol–water partition coefficient (Wildman–Crippen LogP) is 5.40. The highest BCUT2D eigenvalue weighted by Gasteiger charge is 2.39. The van der Waals surface area contributed by atoms with E-state index in [-0.39, 0.29) is 17.2 Å². The Kier molecular flexibility index (Phi) is 6.74. The third kappa shape index (κ3) is 5.22. The molecule has 0 radical (unpaired) electrons. The molecule has 5 heteroatoms. The summed E-state index contributed by atoms with van der Waals surface area (Å²) in [6.07, 6.45) is 7.13. The molecule has 3 nitrogen and oxygen atoms in total. The minimum absolute atomic E-state index is 0.0231. The van der Waals surface area contributed by atoms with Gasteiger partial charge in [0.1, 0.15) is 4.88 Å². The zero-order chi connectivity index (χ0) is 19.4. The topological polar surface area (TPSA) is 57.5 Å². The molecular weight excluding hydrogens is 380 g/mol. The van der Waals surface area contributed by atoms with Crippen LogP contribution in [-0.4, -0.2) is 27.7 Å². The molecule has 144 valence electrons. The van der Waals surface area contributed by atoms with Gasteiger partial charge in [-0.25, -0.2) is 4.79 Å². The van der Waals surface area contributed by atoms with Crippen molar-refractivity contribution in [1.82, 2.24) is 0 Å². The van der Waals surface area contributed by atoms with Gasteiger partial charge in [0.15, 0.2) is 0 Å². The van der Waals surface area contributed by atoms with Crippen LogP contribution in [0.5, 0.6) is 0 Å². The maximum absolute atomic E-state index is 11.0. The Hall–Kier alpha value is -1.62. The number of aryl methyl sites for hydroxylation is 2. The van der Waals surface area contributed by atoms with Crippen LogP contribution in [0.15, 0.2) is 42.5 Å². The maximum Gasteiger partial charge on any atom is 0.345 e. The summed E-state index contributed by atoms with van der Waals surface area (Å²) in [6.45, 7) is 2.07. The van der Waals surface area contributed by atoms with Crippen molar-refractivity contribution in [1.29, 1.82) is 0 Å². The quantitative estimate of drug-likeness (QED) is 0.608. The van der Waals surface area contributed by atoms with Crippen LogP contribution in [-0.2, 0) is 6.42 Å². The third-order valence-electron chi connectivity index (χ3n) is 5.26. The molecule has 0 saturated heterocycles. The lowest BCUT2D eigenvalue weighted by atomic mass is 9.89. The van der Waals surface area contributed by atoms with Crippen LogP contribution in [0.3, 0.4) is 0 Å². The van der Waals surface area contributed by atoms with E-state index in [4.69, 9.17) is 16.7 Å². The van der Waals surface area contributed by atoms with Gasteiger partial charge in [0.25, 0.3) is 0 Å². The average molecular weight is 405 g/mol. The summed E-state index contributed by atoms with van der Waals surface area (Å²) in [5, 5.41) is 19.4. The Labute approximate surface area is 169 Å². The van der Waals surface area contributed by atoms with Crippen LogP contribution >= 0.6 is 22.9 Å². The number of carboxylic acids is 1. The van der Waals surface area contributed by atoms with E-state index in [9.17, 15) is 9.90 Å². The second-order valence-corrected chi connectivity index (χ2v) is 9.03. The minimum Gasteiger partial charge on any atom is -0.477 e. The minimum atomic E-state index is -0.868. The molecule has 1 aliphatic carbocycles. The molecule has 2 N–H and O–H groups in total. The molecule has 3 rings (SSSR count). The number of aromatic carboxylic acids is 1. The van der Waals surface area contributed by atoms with Gasteiger partial charge in [0, 0.05) is 16.2 Å². The van der Waals surface area contributed by atoms with Gasteiger partial charge in [0.2, 0.25) is 0 Å². The molecule has 0 spiro atoms. The van der Waals surface area contributed by atoms with E-state index < -0.39 is 12.1 Å². The fourth-order valence-electron chi connectivity index (χ4n) is 3.87. The number of hydrogen-bond donors (Lipinski definition) is 2. The van der Waals surface area contributed by atoms with E-state index in [1.807, 2.05) is 12.1 Å². The number of hydrogen-bond acceptors (Lipinski definition) is 3. The summed E-state index contributed by atoms with van der Waals surface area (Å²) in [5.41, 5.74) is 2.35. The summed E-state index contributed by atoms with van der Waals surface area (Å²) in [7, 11) is 0. The van der Waals surface area contributed by atoms with Crippen molar-refractivity contribution >= 4 is 35.0 Å². The van der Waals surface area contributed by atoms with E-state index in [2.05, 4.69) is 37.3 Å². The summed E-state index contributed by atoms with van der Waals surface area (Å²) in [4.78, 5) is 12.5. The van der Waals surface area contributed by atoms with Gasteiger partial charge < -0.3 is 10.2 Å². The third-order valence-corrected chi connectivity index (χ3v) is 6.89. The molecule has 0 unspecified atom stereocenters. The van der Waals surface area contributed by atoms with E-state index in [0.29, 0.717) is 11.3 Å². The van der Waals surface area contributed by atoms with Gasteiger partial charge in [-0.3, -0.25) is 0 Å². The van der Waals surface area contributed by atoms with Crippen molar-refractivity contribution in [2.75, 3.05) is 0 Å². The van der Waals surface area contributed by atoms with Crippen molar-refractivity contribution in [3.63, 3.8) is 0 Å². The Morgan fingerprint density at radius 2 is 2.15 bits per heavy atom. The molecule has 1 heterocycles. The van der Waals surface area contributed by atoms with E-state index in [1.165, 1.54) is 16.9 Å². The Bertz CT molecular complexity index is 813. The standard InChI is InChI=1S/C22H25ClO3S/c1-14-4-2-5-15(12-14)8-10-18-17(19(23)13-20(18)24)7-3-6-16-9-11-21(27-16)22(25)26/h2,4-5,8-12,17-20,24H,3,6-7,13H2,1H3,(H,25,26)/t17-,18+,19+,20-/m1/s1. The number of rotatable bonds is 7. The van der Waals surface area contributed by atoms with Gasteiger partial charge in [-0.05, 0) is 56.2 Å². The average Bonchev–Trinajstić information content (AvgIpc) is 3.19. The molecule has 1 aromatic heterocycles. The Balaban J connectivity index is 1.60. The first kappa shape index (κ1) is 20.1. The van der Waals surface area contributed by atoms with Crippen LogP contribution in [0.2, 0.25) is 0 Å². The number of carbonyl (C=O) groups is 1. The molecule has 1 saturated carbocycles. The fourth-order valence-corrected chi connectivity index (χ4v) is 5.23. The van der Waals surface area contributed by atoms with Crippen LogP contribution < -0.4 is 0 Å². The van der Waals surface area contributed by atoms with Crippen LogP contribution in [0.4, 0.5) is 0 Å². The normalized spacial score (nSPS) is 25.3. The van der Waals surface area contributed by atoms with Crippen LogP contribution in [0.1, 0.15) is 44.9 Å². The van der Waals surface area contributed by atoms with E-state index in [0.717, 1.165) is 29.7 Å². The molecule has 1 aliphatic rings. The Morgan fingerprint density at radius 3 is 2.85 bits per heavy atom. The number of carboxylic acid groups (broad SMARTS) is 1. The van der Waals surface area contributed by atoms with E-state index in [1.54, 1.807) is 6.07 Å². The first-order valence-corrected chi connectivity index (χ1v) is 10.6. The second kappa shape index (κ2) is 9.05. The molecule has 0 aliphatic heterocycles. The first-order chi connectivity index (χ1) is 12.9. The van der Waals surface area contributed by atoms with Crippen LogP contribution in [0.25, 0.3) is 6.08 Å². The lowest BCUT2D eigenvalue weighted by Gasteiger charge is -2.20. The summed E-state index contributed by atoms with van der Waals surface area (Å²) >= 11 is 7.87. The highest BCUT2D eigenvalue weighted by molar-refractivity contribution is 7.13. The number of alkyl halides is 1. The van der Waals surface area contributed by atoms with Crippen molar-refractivity contribution in [3.8, 4) is 0 Å². The Morgan fingerprint density at radius 1 is 1.33 bits per heavy atom. The SMILES string of the molecule is Cc1cccc(C=C[C@H]2[C@@H](CCCc3ccc(C(=O)O)s3)[C@@H](Cl)C[C@H]2O)c1. The van der Waals surface area contributed by atoms with Gasteiger partial charge in [-0.15, -0.1) is 22.9 Å². The highest BCUT2D eigenvalue weighted by atomic mass is 35.5. The van der Waals surface area contributed by atoms with Gasteiger partial charge in [-0.1, -0.05) is 42.0 Å². The predicted molar refractivity (Wildman–Crippen MR) is 112 cm³/mol. The monoisotopic (exact) mass is 404 g/mol. The van der Waals surface area contributed by atoms with Gasteiger partial charge in [-0.2, -0.15) is 0 Å². The lowest BCUT2D eigenvalue weighted by Crippen LogP contribution is -2.18. The summed E-state index contributed by atoms with van der Waals surface area (Å²) in [5.74, 6) is -0.570. The smallest absolute Gasteiger partial charge is 0.345 e. The van der Waals surface area contributed by atoms with Crippen LogP contribution in [0, 0.1) is 18.8 Å². The number of halogens is 1. The second-order valence-electron chi connectivity index (χ2n) is 7.30. The van der Waals surface area contributed by atoms with Gasteiger partial charge >= 0.3 is 5.97 Å². The number of thiophene rings is 1. The molecule has 4 atom stereocenters. The maximum atomic E-state index is 11.0. The molecule has 1 aromatic carbocycles.